The van der Waals surface area contributed by atoms with Gasteiger partial charge in [-0.25, -0.2) is 0 Å². The van der Waals surface area contributed by atoms with Crippen molar-refractivity contribution < 1.29 is 18.6 Å². The Balaban J connectivity index is 1.83. The van der Waals surface area contributed by atoms with Crippen LogP contribution in [0.1, 0.15) is 46.6 Å². The molecule has 0 radical (unpaired) electrons. The van der Waals surface area contributed by atoms with Crippen LogP contribution < -0.4 is 0 Å². The van der Waals surface area contributed by atoms with E-state index in [0.29, 0.717) is 19.8 Å². The summed E-state index contributed by atoms with van der Waals surface area (Å²) in [6.45, 7) is 17.1. The molecular formula is C21H36O4Si. The quantitative estimate of drug-likeness (QED) is 0.462. The van der Waals surface area contributed by atoms with Gasteiger partial charge in [-0.1, -0.05) is 51.1 Å². The molecule has 0 saturated carbocycles. The molecule has 0 aliphatic carbocycles. The molecule has 0 amide bonds. The van der Waals surface area contributed by atoms with E-state index in [-0.39, 0.29) is 17.2 Å². The maximum atomic E-state index is 6.37. The third-order valence-electron chi connectivity index (χ3n) is 5.36. The first kappa shape index (κ1) is 21.6. The van der Waals surface area contributed by atoms with Gasteiger partial charge in [0, 0.05) is 6.61 Å². The average molecular weight is 381 g/mol. The Labute approximate surface area is 160 Å². The average Bonchev–Trinajstić information content (AvgIpc) is 2.84. The van der Waals surface area contributed by atoms with Crippen LogP contribution in [0.4, 0.5) is 0 Å². The monoisotopic (exact) mass is 380 g/mol. The third-order valence-corrected chi connectivity index (χ3v) is 9.86. The van der Waals surface area contributed by atoms with Gasteiger partial charge in [0.05, 0.1) is 19.3 Å². The minimum Gasteiger partial charge on any atom is -0.414 e. The van der Waals surface area contributed by atoms with Gasteiger partial charge in [0.25, 0.3) is 0 Å². The second-order valence-electron chi connectivity index (χ2n) is 9.11. The Kier molecular flexibility index (Phi) is 7.08. The Morgan fingerprint density at radius 3 is 2.27 bits per heavy atom. The van der Waals surface area contributed by atoms with Gasteiger partial charge in [-0.15, -0.1) is 0 Å². The zero-order valence-corrected chi connectivity index (χ0v) is 18.5. The number of hydrogen-bond acceptors (Lipinski definition) is 4. The van der Waals surface area contributed by atoms with E-state index in [1.807, 2.05) is 32.0 Å². The fourth-order valence-corrected chi connectivity index (χ4v) is 3.78. The van der Waals surface area contributed by atoms with Crippen molar-refractivity contribution in [1.29, 1.82) is 0 Å². The van der Waals surface area contributed by atoms with Crippen LogP contribution in [0, 0.1) is 0 Å². The van der Waals surface area contributed by atoms with Crippen LogP contribution in [0.5, 0.6) is 0 Å². The van der Waals surface area contributed by atoms with Crippen molar-refractivity contribution in [2.45, 2.75) is 83.8 Å². The van der Waals surface area contributed by atoms with Gasteiger partial charge in [0.1, 0.15) is 6.10 Å². The van der Waals surface area contributed by atoms with Gasteiger partial charge in [0.15, 0.2) is 14.1 Å². The molecule has 1 aliphatic rings. The number of rotatable bonds is 8. The maximum Gasteiger partial charge on any atom is 0.192 e. The molecule has 0 spiro atoms. The van der Waals surface area contributed by atoms with E-state index in [1.54, 1.807) is 0 Å². The summed E-state index contributed by atoms with van der Waals surface area (Å²) in [4.78, 5) is 0. The summed E-state index contributed by atoms with van der Waals surface area (Å²) in [6.07, 6.45) is 0.770. The van der Waals surface area contributed by atoms with E-state index in [9.17, 15) is 0 Å². The second kappa shape index (κ2) is 8.53. The summed E-state index contributed by atoms with van der Waals surface area (Å²) in [7, 11) is -1.80. The van der Waals surface area contributed by atoms with Crippen LogP contribution in [0.3, 0.4) is 0 Å². The Morgan fingerprint density at radius 1 is 1.04 bits per heavy atom. The van der Waals surface area contributed by atoms with Gasteiger partial charge in [-0.3, -0.25) is 0 Å². The van der Waals surface area contributed by atoms with Gasteiger partial charge in [0.2, 0.25) is 0 Å². The van der Waals surface area contributed by atoms with Crippen LogP contribution in [-0.4, -0.2) is 39.5 Å². The number of ether oxygens (including phenoxy) is 3. The van der Waals surface area contributed by atoms with E-state index >= 15 is 0 Å². The number of benzene rings is 1. The molecule has 2 rings (SSSR count). The SMILES string of the molecule is CC1(C)O[C@@H](CCOCc2ccccc2)[C@H](CO[Si](C)(C)C(C)(C)C)O1. The first-order chi connectivity index (χ1) is 12.0. The van der Waals surface area contributed by atoms with Crippen molar-refractivity contribution >= 4 is 8.32 Å². The van der Waals surface area contributed by atoms with Crippen LogP contribution in [-0.2, 0) is 25.2 Å². The molecule has 0 bridgehead atoms. The van der Waals surface area contributed by atoms with Crippen LogP contribution in [0.2, 0.25) is 18.1 Å². The van der Waals surface area contributed by atoms with E-state index in [1.165, 1.54) is 5.56 Å². The normalized spacial score (nSPS) is 23.3. The highest BCUT2D eigenvalue weighted by Crippen LogP contribution is 2.38. The van der Waals surface area contributed by atoms with Crippen LogP contribution in [0.15, 0.2) is 30.3 Å². The molecule has 1 aromatic carbocycles. The largest absolute Gasteiger partial charge is 0.414 e. The summed E-state index contributed by atoms with van der Waals surface area (Å²) in [5.41, 5.74) is 1.19. The Hall–Kier alpha value is -0.723. The van der Waals surface area contributed by atoms with Crippen molar-refractivity contribution in [3.8, 4) is 0 Å². The fourth-order valence-electron chi connectivity index (χ4n) is 2.77. The molecule has 1 aliphatic heterocycles. The molecule has 1 saturated heterocycles. The fraction of sp³-hybridized carbons (Fsp3) is 0.714. The smallest absolute Gasteiger partial charge is 0.192 e. The molecule has 1 heterocycles. The zero-order chi connectivity index (χ0) is 19.4. The zero-order valence-electron chi connectivity index (χ0n) is 17.5. The standard InChI is InChI=1S/C21H36O4Si/c1-20(2,3)26(6,7)23-16-19-18(24-21(4,5)25-19)13-14-22-15-17-11-9-8-10-12-17/h8-12,18-19H,13-16H2,1-7H3/t18-,19-/m0/s1. The molecular weight excluding hydrogens is 344 g/mol. The first-order valence-electron chi connectivity index (χ1n) is 9.61. The summed E-state index contributed by atoms with van der Waals surface area (Å²) in [5.74, 6) is -0.564. The topological polar surface area (TPSA) is 36.9 Å². The maximum absolute atomic E-state index is 6.37. The minimum atomic E-state index is -1.80. The lowest BCUT2D eigenvalue weighted by molar-refractivity contribution is -0.149. The van der Waals surface area contributed by atoms with Crippen molar-refractivity contribution in [3.05, 3.63) is 35.9 Å². The molecule has 4 nitrogen and oxygen atoms in total. The predicted octanol–water partition coefficient (Wildman–Crippen LogP) is 5.14. The highest BCUT2D eigenvalue weighted by Gasteiger charge is 2.43. The van der Waals surface area contributed by atoms with Crippen LogP contribution in [0.25, 0.3) is 0 Å². The van der Waals surface area contributed by atoms with Gasteiger partial charge >= 0.3 is 0 Å². The van der Waals surface area contributed by atoms with Gasteiger partial charge in [-0.05, 0) is 44.0 Å². The Morgan fingerprint density at radius 2 is 1.65 bits per heavy atom. The van der Waals surface area contributed by atoms with E-state index < -0.39 is 14.1 Å². The molecule has 148 valence electrons. The summed E-state index contributed by atoms with van der Waals surface area (Å²) in [5, 5.41) is 0.191. The third kappa shape index (κ3) is 6.17. The molecule has 1 aromatic rings. The minimum absolute atomic E-state index is 0.00513. The molecule has 1 fully saturated rings. The summed E-state index contributed by atoms with van der Waals surface area (Å²) >= 11 is 0. The number of hydrogen-bond donors (Lipinski definition) is 0. The first-order valence-corrected chi connectivity index (χ1v) is 12.5. The lowest BCUT2D eigenvalue weighted by Gasteiger charge is -2.37. The molecule has 0 N–H and O–H groups in total. The Bertz CT molecular complexity index is 551. The highest BCUT2D eigenvalue weighted by atomic mass is 28.4. The van der Waals surface area contributed by atoms with Crippen molar-refractivity contribution in [2.75, 3.05) is 13.2 Å². The lowest BCUT2D eigenvalue weighted by atomic mass is 10.1. The molecule has 26 heavy (non-hydrogen) atoms. The van der Waals surface area contributed by atoms with Crippen molar-refractivity contribution in [2.24, 2.45) is 0 Å². The summed E-state index contributed by atoms with van der Waals surface area (Å²) in [6, 6.07) is 10.2. The van der Waals surface area contributed by atoms with E-state index in [2.05, 4.69) is 46.0 Å². The molecule has 5 heteroatoms. The van der Waals surface area contributed by atoms with Crippen LogP contribution >= 0.6 is 0 Å². The lowest BCUT2D eigenvalue weighted by Crippen LogP contribution is -2.44. The van der Waals surface area contributed by atoms with Crippen molar-refractivity contribution in [3.63, 3.8) is 0 Å². The van der Waals surface area contributed by atoms with Gasteiger partial charge in [-0.2, -0.15) is 0 Å². The van der Waals surface area contributed by atoms with E-state index in [4.69, 9.17) is 18.6 Å². The molecule has 0 unspecified atom stereocenters. The molecule has 0 aromatic heterocycles. The van der Waals surface area contributed by atoms with Gasteiger partial charge < -0.3 is 18.6 Å². The highest BCUT2D eigenvalue weighted by molar-refractivity contribution is 6.74. The van der Waals surface area contributed by atoms with E-state index in [0.717, 1.165) is 6.42 Å². The summed E-state index contributed by atoms with van der Waals surface area (Å²) < 4.78 is 24.4. The molecule has 2 atom stereocenters. The predicted molar refractivity (Wildman–Crippen MR) is 108 cm³/mol. The second-order valence-corrected chi connectivity index (χ2v) is 13.9. The van der Waals surface area contributed by atoms with Crippen molar-refractivity contribution in [1.82, 2.24) is 0 Å².